The van der Waals surface area contributed by atoms with Crippen LogP contribution in [-0.4, -0.2) is 35.1 Å². The Morgan fingerprint density at radius 2 is 1.17 bits per heavy atom. The summed E-state index contributed by atoms with van der Waals surface area (Å²) < 4.78 is 49.8. The summed E-state index contributed by atoms with van der Waals surface area (Å²) in [6, 6.07) is 17.2. The minimum atomic E-state index is -4.53. The van der Waals surface area contributed by atoms with Crippen LogP contribution < -0.4 is 10.6 Å². The normalized spacial score (nSPS) is 11.6. The van der Waals surface area contributed by atoms with Gasteiger partial charge in [-0.2, -0.15) is 13.2 Å². The van der Waals surface area contributed by atoms with Gasteiger partial charge in [-0.3, -0.25) is 0 Å². The number of benzene rings is 3. The van der Waals surface area contributed by atoms with Crippen molar-refractivity contribution < 1.29 is 32.2 Å². The monoisotopic (exact) mass is 576 g/mol. The zero-order valence-corrected chi connectivity index (χ0v) is 22.7. The first-order valence-corrected chi connectivity index (χ1v) is 13.0. The number of ether oxygens (including phenoxy) is 2. The molecule has 0 fully saturated rings. The van der Waals surface area contributed by atoms with E-state index >= 15 is 0 Å². The average molecular weight is 577 g/mol. The van der Waals surface area contributed by atoms with Crippen LogP contribution in [0.3, 0.4) is 0 Å². The molecule has 8 nitrogen and oxygen atoms in total. The molecular formula is C31H27F3N4O4. The van der Waals surface area contributed by atoms with Gasteiger partial charge in [0.15, 0.2) is 11.6 Å². The molecular weight excluding hydrogens is 549 g/mol. The van der Waals surface area contributed by atoms with Crippen LogP contribution in [0.4, 0.5) is 36.2 Å². The van der Waals surface area contributed by atoms with Crippen LogP contribution in [0.5, 0.6) is 0 Å². The van der Waals surface area contributed by atoms with E-state index in [1.54, 1.807) is 74.5 Å². The Morgan fingerprint density at radius 3 is 1.60 bits per heavy atom. The van der Waals surface area contributed by atoms with E-state index in [0.717, 1.165) is 23.3 Å². The number of rotatable bonds is 10. The van der Waals surface area contributed by atoms with Crippen LogP contribution in [0, 0.1) is 0 Å². The van der Waals surface area contributed by atoms with Gasteiger partial charge in [0.25, 0.3) is 0 Å². The average Bonchev–Trinajstić information content (AvgIpc) is 2.96. The molecule has 0 radical (unpaired) electrons. The number of halogens is 3. The van der Waals surface area contributed by atoms with Gasteiger partial charge in [-0.1, -0.05) is 24.3 Å². The van der Waals surface area contributed by atoms with Crippen molar-refractivity contribution in [2.45, 2.75) is 20.0 Å². The number of anilines is 4. The summed E-state index contributed by atoms with van der Waals surface area (Å²) in [4.78, 5) is 32.1. The predicted octanol–water partition coefficient (Wildman–Crippen LogP) is 7.29. The first-order valence-electron chi connectivity index (χ1n) is 13.0. The maximum atomic E-state index is 13.4. The van der Waals surface area contributed by atoms with E-state index in [4.69, 9.17) is 9.47 Å². The summed E-state index contributed by atoms with van der Waals surface area (Å²) in [6.45, 7) is 4.00. The van der Waals surface area contributed by atoms with Crippen LogP contribution in [0.1, 0.15) is 30.5 Å². The molecule has 0 atom stereocenters. The standard InChI is InChI=1S/C31H27F3N4O4/c1-3-41-27(39)17-9-20-5-12-23(13-6-20)35-29-30(38-26-19-22(31(32,33)34)11-16-25(26)37-29)36-24-14-7-21(8-15-24)10-18-28(40)42-4-2/h5-19H,3-4H2,1-2H3,(H,35,37)(H,36,38)/b17-9+,18-10+. The number of nitrogens with one attached hydrogen (secondary N) is 2. The number of hydrogen-bond donors (Lipinski definition) is 2. The molecule has 1 aromatic heterocycles. The highest BCUT2D eigenvalue weighted by Gasteiger charge is 2.30. The van der Waals surface area contributed by atoms with E-state index < -0.39 is 23.7 Å². The van der Waals surface area contributed by atoms with Crippen molar-refractivity contribution in [3.8, 4) is 0 Å². The smallest absolute Gasteiger partial charge is 0.416 e. The Morgan fingerprint density at radius 1 is 0.714 bits per heavy atom. The molecule has 0 aliphatic heterocycles. The van der Waals surface area contributed by atoms with Crippen molar-refractivity contribution >= 4 is 58.1 Å². The molecule has 0 spiro atoms. The van der Waals surface area contributed by atoms with Gasteiger partial charge in [-0.05, 0) is 79.6 Å². The van der Waals surface area contributed by atoms with Gasteiger partial charge in [-0.15, -0.1) is 0 Å². The highest BCUT2D eigenvalue weighted by atomic mass is 19.4. The fourth-order valence-corrected chi connectivity index (χ4v) is 3.74. The van der Waals surface area contributed by atoms with E-state index in [1.807, 2.05) is 0 Å². The second kappa shape index (κ2) is 13.4. The summed E-state index contributed by atoms with van der Waals surface area (Å²) in [5.74, 6) is -0.423. The summed E-state index contributed by atoms with van der Waals surface area (Å²) in [5.41, 5.74) is 2.21. The first kappa shape index (κ1) is 29.8. The molecule has 0 saturated carbocycles. The van der Waals surface area contributed by atoms with Crippen molar-refractivity contribution in [1.82, 2.24) is 9.97 Å². The Balaban J connectivity index is 1.62. The van der Waals surface area contributed by atoms with Gasteiger partial charge in [0.2, 0.25) is 0 Å². The lowest BCUT2D eigenvalue weighted by atomic mass is 10.1. The third-order valence-corrected chi connectivity index (χ3v) is 5.74. The number of carbonyl (C=O) groups excluding carboxylic acids is 2. The highest BCUT2D eigenvalue weighted by Crippen LogP contribution is 2.33. The minimum absolute atomic E-state index is 0.0614. The van der Waals surface area contributed by atoms with Gasteiger partial charge in [0, 0.05) is 23.5 Å². The van der Waals surface area contributed by atoms with Crippen molar-refractivity contribution in [2.75, 3.05) is 23.8 Å². The van der Waals surface area contributed by atoms with Crippen LogP contribution in [0.15, 0.2) is 78.9 Å². The molecule has 3 aromatic carbocycles. The Bertz CT molecular complexity index is 1620. The largest absolute Gasteiger partial charge is 0.463 e. The molecule has 2 N–H and O–H groups in total. The molecule has 4 rings (SSSR count). The lowest BCUT2D eigenvalue weighted by molar-refractivity contribution is -0.138. The van der Waals surface area contributed by atoms with Crippen molar-refractivity contribution in [3.05, 3.63) is 95.6 Å². The summed E-state index contributed by atoms with van der Waals surface area (Å²) in [6.07, 6.45) is 1.34. The Kier molecular flexibility index (Phi) is 9.53. The van der Waals surface area contributed by atoms with E-state index in [-0.39, 0.29) is 35.9 Å². The first-order chi connectivity index (χ1) is 20.1. The molecule has 0 bridgehead atoms. The number of nitrogens with zero attached hydrogens (tertiary/aromatic N) is 2. The molecule has 216 valence electrons. The number of alkyl halides is 3. The van der Waals surface area contributed by atoms with Crippen LogP contribution >= 0.6 is 0 Å². The highest BCUT2D eigenvalue weighted by molar-refractivity contribution is 5.88. The number of hydrogen-bond acceptors (Lipinski definition) is 8. The van der Waals surface area contributed by atoms with Crippen LogP contribution in [-0.2, 0) is 25.2 Å². The number of aromatic nitrogens is 2. The minimum Gasteiger partial charge on any atom is -0.463 e. The van der Waals surface area contributed by atoms with Gasteiger partial charge < -0.3 is 20.1 Å². The third-order valence-electron chi connectivity index (χ3n) is 5.74. The van der Waals surface area contributed by atoms with Gasteiger partial charge >= 0.3 is 18.1 Å². The fraction of sp³-hybridized carbons (Fsp3) is 0.161. The van der Waals surface area contributed by atoms with Crippen LogP contribution in [0.25, 0.3) is 23.2 Å². The summed E-state index contributed by atoms with van der Waals surface area (Å²) in [5, 5.41) is 6.28. The maximum absolute atomic E-state index is 13.4. The zero-order chi connectivity index (χ0) is 30.1. The molecule has 0 saturated heterocycles. The molecule has 0 aliphatic carbocycles. The molecule has 0 unspecified atom stereocenters. The second-order valence-corrected chi connectivity index (χ2v) is 8.79. The Hall–Kier alpha value is -5.19. The van der Waals surface area contributed by atoms with Gasteiger partial charge in [-0.25, -0.2) is 19.6 Å². The molecule has 0 aliphatic rings. The van der Waals surface area contributed by atoms with Gasteiger partial charge in [0.1, 0.15) is 0 Å². The van der Waals surface area contributed by atoms with Gasteiger partial charge in [0.05, 0.1) is 29.8 Å². The lowest BCUT2D eigenvalue weighted by Gasteiger charge is -2.15. The van der Waals surface area contributed by atoms with Crippen molar-refractivity contribution in [2.24, 2.45) is 0 Å². The van der Waals surface area contributed by atoms with E-state index in [0.29, 0.717) is 11.4 Å². The topological polar surface area (TPSA) is 102 Å². The quantitative estimate of drug-likeness (QED) is 0.150. The lowest BCUT2D eigenvalue weighted by Crippen LogP contribution is -2.07. The fourth-order valence-electron chi connectivity index (χ4n) is 3.74. The van der Waals surface area contributed by atoms with E-state index in [9.17, 15) is 22.8 Å². The summed E-state index contributed by atoms with van der Waals surface area (Å²) in [7, 11) is 0. The van der Waals surface area contributed by atoms with E-state index in [1.165, 1.54) is 18.2 Å². The van der Waals surface area contributed by atoms with Crippen molar-refractivity contribution in [1.29, 1.82) is 0 Å². The number of fused-ring (bicyclic) bond motifs is 1. The maximum Gasteiger partial charge on any atom is 0.416 e. The molecule has 0 amide bonds. The molecule has 4 aromatic rings. The number of carbonyl (C=O) groups is 2. The molecule has 1 heterocycles. The summed E-state index contributed by atoms with van der Waals surface area (Å²) >= 11 is 0. The number of esters is 2. The Labute approximate surface area is 239 Å². The SMILES string of the molecule is CCOC(=O)/C=C/c1ccc(Nc2nc3ccc(C(F)(F)F)cc3nc2Nc2ccc(/C=C/C(=O)OCC)cc2)cc1. The van der Waals surface area contributed by atoms with Crippen LogP contribution in [0.2, 0.25) is 0 Å². The third kappa shape index (κ3) is 8.17. The van der Waals surface area contributed by atoms with Crippen molar-refractivity contribution in [3.63, 3.8) is 0 Å². The second-order valence-electron chi connectivity index (χ2n) is 8.79. The van der Waals surface area contributed by atoms with E-state index in [2.05, 4.69) is 20.6 Å². The molecule has 11 heteroatoms. The molecule has 42 heavy (non-hydrogen) atoms. The zero-order valence-electron chi connectivity index (χ0n) is 22.7. The predicted molar refractivity (Wildman–Crippen MR) is 155 cm³/mol.